The summed E-state index contributed by atoms with van der Waals surface area (Å²) >= 11 is 1.77. The van der Waals surface area contributed by atoms with Crippen LogP contribution in [0, 0.1) is 0 Å². The van der Waals surface area contributed by atoms with E-state index >= 15 is 0 Å². The molecule has 0 aliphatic heterocycles. The van der Waals surface area contributed by atoms with Crippen LogP contribution in [0.25, 0.3) is 10.2 Å². The van der Waals surface area contributed by atoms with Crippen LogP contribution in [-0.2, 0) is 12.8 Å². The Labute approximate surface area is 178 Å². The lowest BCUT2D eigenvalue weighted by atomic mass is 10.1. The van der Waals surface area contributed by atoms with Gasteiger partial charge in [0.1, 0.15) is 22.7 Å². The van der Waals surface area contributed by atoms with Crippen LogP contribution in [0.5, 0.6) is 5.75 Å². The molecule has 2 N–H and O–H groups in total. The van der Waals surface area contributed by atoms with Gasteiger partial charge in [0, 0.05) is 16.1 Å². The Morgan fingerprint density at radius 3 is 2.73 bits per heavy atom. The van der Waals surface area contributed by atoms with Crippen molar-refractivity contribution in [3.63, 3.8) is 0 Å². The Bertz CT molecular complexity index is 1230. The van der Waals surface area contributed by atoms with Crippen LogP contribution in [0.2, 0.25) is 0 Å². The van der Waals surface area contributed by atoms with Crippen LogP contribution >= 0.6 is 11.3 Å². The number of fused-ring (bicyclic) bond motifs is 3. The molecule has 0 saturated carbocycles. The summed E-state index contributed by atoms with van der Waals surface area (Å²) < 4.78 is 5.29. The van der Waals surface area contributed by atoms with Crippen molar-refractivity contribution in [3.8, 4) is 5.75 Å². The molecule has 7 heteroatoms. The Hall–Kier alpha value is -3.45. The third-order valence-corrected chi connectivity index (χ3v) is 6.47. The average molecular weight is 417 g/mol. The SMILES string of the molecule is COc1ccccc1NC(=O)c1ccc(Nc2ncnc3sc4c(c23)CCC4)cc1. The van der Waals surface area contributed by atoms with E-state index in [1.165, 1.54) is 16.9 Å². The Balaban J connectivity index is 1.36. The maximum absolute atomic E-state index is 12.6. The van der Waals surface area contributed by atoms with Crippen LogP contribution < -0.4 is 15.4 Å². The first-order valence-corrected chi connectivity index (χ1v) is 10.6. The van der Waals surface area contributed by atoms with Crippen molar-refractivity contribution >= 4 is 44.7 Å². The zero-order valence-electron chi connectivity index (χ0n) is 16.4. The molecular formula is C23H20N4O2S. The zero-order valence-corrected chi connectivity index (χ0v) is 17.3. The fourth-order valence-electron chi connectivity index (χ4n) is 3.81. The van der Waals surface area contributed by atoms with Crippen LogP contribution in [-0.4, -0.2) is 23.0 Å². The number of benzene rings is 2. The summed E-state index contributed by atoms with van der Waals surface area (Å²) in [7, 11) is 1.58. The summed E-state index contributed by atoms with van der Waals surface area (Å²) in [4.78, 5) is 24.0. The second-order valence-electron chi connectivity index (χ2n) is 7.12. The lowest BCUT2D eigenvalue weighted by molar-refractivity contribution is 0.102. The van der Waals surface area contributed by atoms with Crippen molar-refractivity contribution in [1.82, 2.24) is 9.97 Å². The number of methoxy groups -OCH3 is 1. The van der Waals surface area contributed by atoms with Crippen LogP contribution in [0.15, 0.2) is 54.9 Å². The van der Waals surface area contributed by atoms with Gasteiger partial charge in [0.2, 0.25) is 0 Å². The van der Waals surface area contributed by atoms with E-state index in [4.69, 9.17) is 4.74 Å². The molecule has 150 valence electrons. The third-order valence-electron chi connectivity index (χ3n) is 5.27. The van der Waals surface area contributed by atoms with Crippen molar-refractivity contribution in [1.29, 1.82) is 0 Å². The number of carbonyl (C=O) groups excluding carboxylic acids is 1. The van der Waals surface area contributed by atoms with Crippen molar-refractivity contribution in [2.24, 2.45) is 0 Å². The fraction of sp³-hybridized carbons (Fsp3) is 0.174. The number of anilines is 3. The third kappa shape index (κ3) is 3.37. The second-order valence-corrected chi connectivity index (χ2v) is 8.20. The molecule has 30 heavy (non-hydrogen) atoms. The van der Waals surface area contributed by atoms with Gasteiger partial charge in [-0.25, -0.2) is 9.97 Å². The van der Waals surface area contributed by atoms with Crippen LogP contribution in [0.4, 0.5) is 17.2 Å². The highest BCUT2D eigenvalue weighted by atomic mass is 32.1. The van der Waals surface area contributed by atoms with Crippen LogP contribution in [0.3, 0.4) is 0 Å². The van der Waals surface area contributed by atoms with Gasteiger partial charge < -0.3 is 15.4 Å². The highest BCUT2D eigenvalue weighted by molar-refractivity contribution is 7.19. The molecule has 2 aromatic carbocycles. The molecule has 2 heterocycles. The van der Waals surface area contributed by atoms with E-state index in [1.807, 2.05) is 36.4 Å². The summed E-state index contributed by atoms with van der Waals surface area (Å²) in [5.41, 5.74) is 3.46. The maximum atomic E-state index is 12.6. The summed E-state index contributed by atoms with van der Waals surface area (Å²) in [6.45, 7) is 0. The maximum Gasteiger partial charge on any atom is 0.255 e. The molecule has 0 fully saturated rings. The van der Waals surface area contributed by atoms with Crippen molar-refractivity contribution in [2.75, 3.05) is 17.7 Å². The average Bonchev–Trinajstić information content (AvgIpc) is 3.36. The first kappa shape index (κ1) is 18.6. The predicted molar refractivity (Wildman–Crippen MR) is 120 cm³/mol. The van der Waals surface area contributed by atoms with Gasteiger partial charge in [-0.1, -0.05) is 12.1 Å². The first-order valence-electron chi connectivity index (χ1n) is 9.79. The molecule has 0 unspecified atom stereocenters. The number of thiophene rings is 1. The number of nitrogens with zero attached hydrogens (tertiary/aromatic N) is 2. The zero-order chi connectivity index (χ0) is 20.5. The summed E-state index contributed by atoms with van der Waals surface area (Å²) in [6.07, 6.45) is 5.01. The van der Waals surface area contributed by atoms with E-state index < -0.39 is 0 Å². The molecule has 4 aromatic rings. The van der Waals surface area contributed by atoms with E-state index in [0.717, 1.165) is 34.6 Å². The summed E-state index contributed by atoms with van der Waals surface area (Å²) in [5.74, 6) is 1.26. The number of para-hydroxylation sites is 2. The minimum absolute atomic E-state index is 0.189. The number of aryl methyl sites for hydroxylation is 2. The number of nitrogens with one attached hydrogen (secondary N) is 2. The number of hydrogen-bond donors (Lipinski definition) is 2. The molecule has 1 aliphatic carbocycles. The quantitative estimate of drug-likeness (QED) is 0.469. The van der Waals surface area contributed by atoms with E-state index in [9.17, 15) is 4.79 Å². The van der Waals surface area contributed by atoms with Crippen LogP contribution in [0.1, 0.15) is 27.2 Å². The van der Waals surface area contributed by atoms with E-state index in [-0.39, 0.29) is 5.91 Å². The molecular weight excluding hydrogens is 396 g/mol. The van der Waals surface area contributed by atoms with Gasteiger partial charge in [-0.15, -0.1) is 11.3 Å². The number of rotatable bonds is 5. The van der Waals surface area contributed by atoms with Gasteiger partial charge in [0.15, 0.2) is 0 Å². The van der Waals surface area contributed by atoms with Crippen molar-refractivity contribution in [2.45, 2.75) is 19.3 Å². The number of amides is 1. The Kier molecular flexibility index (Phi) is 4.80. The highest BCUT2D eigenvalue weighted by Crippen LogP contribution is 2.39. The lowest BCUT2D eigenvalue weighted by Gasteiger charge is -2.11. The van der Waals surface area contributed by atoms with Gasteiger partial charge in [0.25, 0.3) is 5.91 Å². The minimum Gasteiger partial charge on any atom is -0.495 e. The number of aromatic nitrogens is 2. The first-order chi connectivity index (χ1) is 14.7. The molecule has 5 rings (SSSR count). The van der Waals surface area contributed by atoms with E-state index in [2.05, 4.69) is 20.6 Å². The molecule has 1 amide bonds. The number of carbonyl (C=O) groups is 1. The van der Waals surface area contributed by atoms with Gasteiger partial charge >= 0.3 is 0 Å². The van der Waals surface area contributed by atoms with Gasteiger partial charge in [-0.3, -0.25) is 4.79 Å². The standard InChI is InChI=1S/C23H20N4O2S/c1-29-18-7-3-2-6-17(18)27-22(28)14-9-11-15(12-10-14)26-21-20-16-5-4-8-19(16)30-23(20)25-13-24-21/h2-3,6-7,9-13H,4-5,8H2,1H3,(H,27,28)(H,24,25,26). The molecule has 0 saturated heterocycles. The topological polar surface area (TPSA) is 76.1 Å². The molecule has 0 atom stereocenters. The minimum atomic E-state index is -0.189. The molecule has 0 radical (unpaired) electrons. The molecule has 1 aliphatic rings. The van der Waals surface area contributed by atoms with Crippen molar-refractivity contribution in [3.05, 3.63) is 70.9 Å². The predicted octanol–water partition coefficient (Wildman–Crippen LogP) is 5.18. The van der Waals surface area contributed by atoms with Crippen molar-refractivity contribution < 1.29 is 9.53 Å². The van der Waals surface area contributed by atoms with Gasteiger partial charge in [0.05, 0.1) is 18.2 Å². The highest BCUT2D eigenvalue weighted by Gasteiger charge is 2.21. The second kappa shape index (κ2) is 7.76. The lowest BCUT2D eigenvalue weighted by Crippen LogP contribution is -2.12. The largest absolute Gasteiger partial charge is 0.495 e. The number of ether oxygens (including phenoxy) is 1. The smallest absolute Gasteiger partial charge is 0.255 e. The monoisotopic (exact) mass is 416 g/mol. The summed E-state index contributed by atoms with van der Waals surface area (Å²) in [6, 6.07) is 14.7. The van der Waals surface area contributed by atoms with E-state index in [0.29, 0.717) is 17.0 Å². The molecule has 6 nitrogen and oxygen atoms in total. The molecule has 0 bridgehead atoms. The molecule has 2 aromatic heterocycles. The number of hydrogen-bond acceptors (Lipinski definition) is 6. The molecule has 0 spiro atoms. The Morgan fingerprint density at radius 1 is 1.07 bits per heavy atom. The normalized spacial score (nSPS) is 12.6. The Morgan fingerprint density at radius 2 is 1.90 bits per heavy atom. The summed E-state index contributed by atoms with van der Waals surface area (Å²) in [5, 5.41) is 7.43. The van der Waals surface area contributed by atoms with E-state index in [1.54, 1.807) is 36.9 Å². The fourth-order valence-corrected chi connectivity index (χ4v) is 5.04. The van der Waals surface area contributed by atoms with Gasteiger partial charge in [-0.05, 0) is 61.2 Å². The van der Waals surface area contributed by atoms with Gasteiger partial charge in [-0.2, -0.15) is 0 Å².